The second-order valence-corrected chi connectivity index (χ2v) is 3.97. The quantitative estimate of drug-likeness (QED) is 0.841. The van der Waals surface area contributed by atoms with Gasteiger partial charge in [-0.25, -0.2) is 0 Å². The number of rotatable bonds is 3. The highest BCUT2D eigenvalue weighted by Gasteiger charge is 2.02. The monoisotopic (exact) mass is 224 g/mol. The van der Waals surface area contributed by atoms with Gasteiger partial charge in [-0.05, 0) is 11.1 Å². The zero-order valence-corrected chi connectivity index (χ0v) is 9.64. The van der Waals surface area contributed by atoms with Crippen molar-refractivity contribution in [2.45, 2.75) is 6.42 Å². The van der Waals surface area contributed by atoms with Gasteiger partial charge in [-0.2, -0.15) is 0 Å². The normalized spacial score (nSPS) is 12.0. The highest BCUT2D eigenvalue weighted by molar-refractivity contribution is 5.65. The zero-order valence-electron chi connectivity index (χ0n) is 9.64. The van der Waals surface area contributed by atoms with E-state index in [0.29, 0.717) is 17.8 Å². The van der Waals surface area contributed by atoms with E-state index in [2.05, 4.69) is 0 Å². The molecule has 0 aliphatic carbocycles. The van der Waals surface area contributed by atoms with Crippen LogP contribution < -0.4 is 11.5 Å². The van der Waals surface area contributed by atoms with E-state index in [1.165, 1.54) is 5.56 Å². The molecule has 2 heteroatoms. The molecule has 2 nitrogen and oxygen atoms in total. The van der Waals surface area contributed by atoms with E-state index in [0.717, 1.165) is 5.56 Å². The summed E-state index contributed by atoms with van der Waals surface area (Å²) in [6, 6.07) is 19.9. The number of benzene rings is 2. The van der Waals surface area contributed by atoms with Crippen molar-refractivity contribution in [3.8, 4) is 0 Å². The first-order valence-corrected chi connectivity index (χ1v) is 5.61. The molecule has 0 saturated carbocycles. The average molecular weight is 224 g/mol. The summed E-state index contributed by atoms with van der Waals surface area (Å²) in [5.74, 6) is 0. The Balaban J connectivity index is 2.22. The summed E-state index contributed by atoms with van der Waals surface area (Å²) in [5, 5.41) is 0. The minimum absolute atomic E-state index is 0.662. The molecule has 0 aliphatic rings. The van der Waals surface area contributed by atoms with Gasteiger partial charge in [0.15, 0.2) is 0 Å². The maximum absolute atomic E-state index is 6.04. The lowest BCUT2D eigenvalue weighted by atomic mass is 10.1. The fraction of sp³-hybridized carbons (Fsp3) is 0.0667. The van der Waals surface area contributed by atoms with Crippen molar-refractivity contribution in [3.05, 3.63) is 77.5 Å². The van der Waals surface area contributed by atoms with Crippen LogP contribution in [0.15, 0.2) is 66.4 Å². The lowest BCUT2D eigenvalue weighted by Crippen LogP contribution is -2.11. The Morgan fingerprint density at radius 3 is 1.88 bits per heavy atom. The number of hydrogen-bond acceptors (Lipinski definition) is 2. The number of nitrogens with two attached hydrogens (primary N) is 2. The highest BCUT2D eigenvalue weighted by atomic mass is 14.7. The standard InChI is InChI=1S/C15H16N2/c16-14(11-12-7-3-1-4-8-12)15(17)13-9-5-2-6-10-13/h1-10H,11,16-17H2. The lowest BCUT2D eigenvalue weighted by molar-refractivity contribution is 1.10. The molecule has 0 aromatic heterocycles. The fourth-order valence-corrected chi connectivity index (χ4v) is 1.71. The van der Waals surface area contributed by atoms with Gasteiger partial charge in [0.1, 0.15) is 0 Å². The molecule has 0 saturated heterocycles. The summed E-state index contributed by atoms with van der Waals surface area (Å²) in [6.45, 7) is 0. The summed E-state index contributed by atoms with van der Waals surface area (Å²) in [6.07, 6.45) is 0.682. The number of hydrogen-bond donors (Lipinski definition) is 2. The van der Waals surface area contributed by atoms with Crippen molar-refractivity contribution < 1.29 is 0 Å². The van der Waals surface area contributed by atoms with E-state index in [9.17, 15) is 0 Å². The van der Waals surface area contributed by atoms with Crippen LogP contribution in [0.1, 0.15) is 11.1 Å². The molecule has 86 valence electrons. The molecule has 2 aromatic carbocycles. The van der Waals surface area contributed by atoms with Crippen molar-refractivity contribution in [2.24, 2.45) is 11.5 Å². The van der Waals surface area contributed by atoms with E-state index < -0.39 is 0 Å². The smallest absolute Gasteiger partial charge is 0.0581 e. The van der Waals surface area contributed by atoms with Crippen LogP contribution in [0.2, 0.25) is 0 Å². The topological polar surface area (TPSA) is 52.0 Å². The van der Waals surface area contributed by atoms with Gasteiger partial charge in [-0.1, -0.05) is 60.7 Å². The molecular formula is C15H16N2. The predicted octanol–water partition coefficient (Wildman–Crippen LogP) is 2.52. The summed E-state index contributed by atoms with van der Waals surface area (Å²) in [7, 11) is 0. The van der Waals surface area contributed by atoms with Crippen LogP contribution in [0.4, 0.5) is 0 Å². The van der Waals surface area contributed by atoms with Crippen molar-refractivity contribution in [1.82, 2.24) is 0 Å². The van der Waals surface area contributed by atoms with E-state index in [-0.39, 0.29) is 0 Å². The van der Waals surface area contributed by atoms with Gasteiger partial charge in [0, 0.05) is 12.1 Å². The van der Waals surface area contributed by atoms with Gasteiger partial charge in [0.05, 0.1) is 5.70 Å². The van der Waals surface area contributed by atoms with Crippen LogP contribution in [-0.4, -0.2) is 0 Å². The van der Waals surface area contributed by atoms with Crippen LogP contribution in [0.5, 0.6) is 0 Å². The summed E-state index contributed by atoms with van der Waals surface area (Å²) in [5.41, 5.74) is 15.6. The van der Waals surface area contributed by atoms with Gasteiger partial charge in [-0.3, -0.25) is 0 Å². The average Bonchev–Trinajstić information content (AvgIpc) is 2.40. The van der Waals surface area contributed by atoms with Crippen LogP contribution in [0, 0.1) is 0 Å². The number of allylic oxidation sites excluding steroid dienone is 1. The Morgan fingerprint density at radius 2 is 1.29 bits per heavy atom. The third-order valence-corrected chi connectivity index (χ3v) is 2.67. The van der Waals surface area contributed by atoms with Crippen molar-refractivity contribution in [3.63, 3.8) is 0 Å². The minimum atomic E-state index is 0.662. The molecule has 2 aromatic rings. The highest BCUT2D eigenvalue weighted by Crippen LogP contribution is 2.13. The Labute approximate surface area is 102 Å². The Kier molecular flexibility index (Phi) is 3.46. The molecule has 0 aliphatic heterocycles. The van der Waals surface area contributed by atoms with E-state index in [1.807, 2.05) is 60.7 Å². The molecule has 17 heavy (non-hydrogen) atoms. The second-order valence-electron chi connectivity index (χ2n) is 3.97. The Hall–Kier alpha value is -2.22. The van der Waals surface area contributed by atoms with Gasteiger partial charge in [0.2, 0.25) is 0 Å². The van der Waals surface area contributed by atoms with Crippen molar-refractivity contribution >= 4 is 5.70 Å². The molecule has 0 bridgehead atoms. The minimum Gasteiger partial charge on any atom is -0.400 e. The maximum Gasteiger partial charge on any atom is 0.0581 e. The largest absolute Gasteiger partial charge is 0.400 e. The Morgan fingerprint density at radius 1 is 0.765 bits per heavy atom. The SMILES string of the molecule is NC(Cc1ccccc1)=C(N)c1ccccc1. The molecule has 0 amide bonds. The van der Waals surface area contributed by atoms with Gasteiger partial charge < -0.3 is 11.5 Å². The molecule has 0 unspecified atom stereocenters. The van der Waals surface area contributed by atoms with E-state index in [1.54, 1.807) is 0 Å². The summed E-state index contributed by atoms with van der Waals surface area (Å²) >= 11 is 0. The molecule has 4 N–H and O–H groups in total. The van der Waals surface area contributed by atoms with Gasteiger partial charge in [-0.15, -0.1) is 0 Å². The van der Waals surface area contributed by atoms with E-state index >= 15 is 0 Å². The van der Waals surface area contributed by atoms with Crippen molar-refractivity contribution in [2.75, 3.05) is 0 Å². The van der Waals surface area contributed by atoms with Crippen LogP contribution in [0.3, 0.4) is 0 Å². The third-order valence-electron chi connectivity index (χ3n) is 2.67. The van der Waals surface area contributed by atoms with Gasteiger partial charge >= 0.3 is 0 Å². The summed E-state index contributed by atoms with van der Waals surface area (Å²) < 4.78 is 0. The molecule has 0 spiro atoms. The van der Waals surface area contributed by atoms with Gasteiger partial charge in [0.25, 0.3) is 0 Å². The molecule has 0 radical (unpaired) electrons. The van der Waals surface area contributed by atoms with Crippen molar-refractivity contribution in [1.29, 1.82) is 0 Å². The molecule has 2 rings (SSSR count). The molecule has 0 atom stereocenters. The lowest BCUT2D eigenvalue weighted by Gasteiger charge is -2.08. The second kappa shape index (κ2) is 5.21. The van der Waals surface area contributed by atoms with Crippen LogP contribution in [0.25, 0.3) is 5.70 Å². The fourth-order valence-electron chi connectivity index (χ4n) is 1.71. The molecule has 0 heterocycles. The third kappa shape index (κ3) is 2.88. The molecule has 0 fully saturated rings. The van der Waals surface area contributed by atoms with Crippen LogP contribution >= 0.6 is 0 Å². The Bertz CT molecular complexity index is 501. The molecular weight excluding hydrogens is 208 g/mol. The predicted molar refractivity (Wildman–Crippen MR) is 71.9 cm³/mol. The first-order valence-electron chi connectivity index (χ1n) is 5.61. The first-order chi connectivity index (χ1) is 8.27. The zero-order chi connectivity index (χ0) is 12.1. The summed E-state index contributed by atoms with van der Waals surface area (Å²) in [4.78, 5) is 0. The van der Waals surface area contributed by atoms with Crippen LogP contribution in [-0.2, 0) is 6.42 Å². The maximum atomic E-state index is 6.04. The van der Waals surface area contributed by atoms with E-state index in [4.69, 9.17) is 11.5 Å². The first kappa shape index (κ1) is 11.3.